The lowest BCUT2D eigenvalue weighted by Gasteiger charge is -2.21. The second-order valence-electron chi connectivity index (χ2n) is 9.22. The van der Waals surface area contributed by atoms with E-state index in [1.807, 2.05) is 48.5 Å². The van der Waals surface area contributed by atoms with E-state index in [0.717, 1.165) is 77.1 Å². The topological polar surface area (TPSA) is 34.1 Å². The summed E-state index contributed by atoms with van der Waals surface area (Å²) >= 11 is 14.8. The van der Waals surface area contributed by atoms with Crippen molar-refractivity contribution in [2.45, 2.75) is 0 Å². The smallest absolute Gasteiger partial charge is 0.196 e. The number of benzene rings is 8. The van der Waals surface area contributed by atoms with Crippen molar-refractivity contribution in [2.24, 2.45) is 0 Å². The van der Waals surface area contributed by atoms with E-state index in [1.54, 1.807) is 0 Å². The van der Waals surface area contributed by atoms with Crippen LogP contribution in [0.15, 0.2) is 88.1 Å². The summed E-state index contributed by atoms with van der Waals surface area (Å²) < 4.78 is 3.16. The van der Waals surface area contributed by atoms with Gasteiger partial charge in [-0.25, -0.2) is 0 Å². The van der Waals surface area contributed by atoms with Crippen molar-refractivity contribution in [3.05, 3.63) is 99.0 Å². The molecule has 0 spiro atoms. The molecule has 0 heterocycles. The lowest BCUT2D eigenvalue weighted by atomic mass is 9.84. The lowest BCUT2D eigenvalue weighted by molar-refractivity contribution is 1.63. The van der Waals surface area contributed by atoms with Gasteiger partial charge in [-0.3, -0.25) is 9.59 Å². The standard InChI is InChI=1S/C30H10Br4O2/c31-19-8-7-13-16-9-11-5-6-15-21-17(12-3-1-2-4-14(12)29(15)35)10-18-23(20(11)21)22(16)25(28(34)26(18)32)30(36)24(13)27(19)33/h1-10H. The summed E-state index contributed by atoms with van der Waals surface area (Å²) in [6.45, 7) is 0. The zero-order valence-corrected chi connectivity index (χ0v) is 24.4. The predicted octanol–water partition coefficient (Wildman–Crippen LogP) is 9.84. The average Bonchev–Trinajstić information content (AvgIpc) is 2.89. The Kier molecular flexibility index (Phi) is 4.30. The summed E-state index contributed by atoms with van der Waals surface area (Å²) in [4.78, 5) is 27.6. The molecule has 0 aliphatic carbocycles. The van der Waals surface area contributed by atoms with Crippen molar-refractivity contribution in [3.63, 3.8) is 0 Å². The number of hydrogen-bond acceptors (Lipinski definition) is 2. The number of hydrogen-bond donors (Lipinski definition) is 0. The number of rotatable bonds is 0. The van der Waals surface area contributed by atoms with Crippen LogP contribution < -0.4 is 10.9 Å². The highest BCUT2D eigenvalue weighted by Gasteiger charge is 2.25. The van der Waals surface area contributed by atoms with Crippen LogP contribution in [-0.4, -0.2) is 0 Å². The fourth-order valence-corrected chi connectivity index (χ4v) is 8.07. The van der Waals surface area contributed by atoms with Gasteiger partial charge in [-0.05, 0) is 131 Å². The molecule has 0 aliphatic heterocycles. The molecule has 8 aromatic carbocycles. The molecule has 170 valence electrons. The first-order valence-corrected chi connectivity index (χ1v) is 14.4. The maximum absolute atomic E-state index is 14.0. The molecule has 0 saturated carbocycles. The van der Waals surface area contributed by atoms with Crippen LogP contribution >= 0.6 is 63.7 Å². The molecule has 0 aliphatic rings. The Morgan fingerprint density at radius 2 is 1.11 bits per heavy atom. The largest absolute Gasteiger partial charge is 0.289 e. The molecular formula is C30H10Br4O2. The minimum Gasteiger partial charge on any atom is -0.289 e. The van der Waals surface area contributed by atoms with E-state index in [9.17, 15) is 9.59 Å². The Balaban J connectivity index is 1.82. The van der Waals surface area contributed by atoms with E-state index < -0.39 is 0 Å². The molecular weight excluding hydrogens is 712 g/mol. The van der Waals surface area contributed by atoms with Gasteiger partial charge < -0.3 is 0 Å². The molecule has 6 heteroatoms. The van der Waals surface area contributed by atoms with Crippen LogP contribution in [0.4, 0.5) is 0 Å². The molecule has 0 atom stereocenters. The Bertz CT molecular complexity index is 2400. The van der Waals surface area contributed by atoms with Crippen molar-refractivity contribution in [3.8, 4) is 0 Å². The molecule has 0 fully saturated rings. The molecule has 0 aromatic heterocycles. The third-order valence-electron chi connectivity index (χ3n) is 7.58. The second kappa shape index (κ2) is 7.13. The summed E-state index contributed by atoms with van der Waals surface area (Å²) in [6, 6.07) is 20.1. The van der Waals surface area contributed by atoms with Gasteiger partial charge in [0.1, 0.15) is 0 Å². The molecule has 0 amide bonds. The zero-order chi connectivity index (χ0) is 24.6. The summed E-state index contributed by atoms with van der Waals surface area (Å²) in [7, 11) is 0. The highest BCUT2D eigenvalue weighted by molar-refractivity contribution is 9.13. The Hall–Kier alpha value is -2.38. The number of halogens is 4. The molecule has 8 rings (SSSR count). The minimum atomic E-state index is -0.0369. The van der Waals surface area contributed by atoms with Crippen LogP contribution in [0.3, 0.4) is 0 Å². The summed E-state index contributed by atoms with van der Waals surface area (Å²) in [5, 5.41) is 12.6. The van der Waals surface area contributed by atoms with Gasteiger partial charge in [-0.1, -0.05) is 36.4 Å². The average molecular weight is 722 g/mol. The summed E-state index contributed by atoms with van der Waals surface area (Å²) in [5.74, 6) is 0. The van der Waals surface area contributed by atoms with Crippen molar-refractivity contribution < 1.29 is 0 Å². The Morgan fingerprint density at radius 1 is 0.417 bits per heavy atom. The van der Waals surface area contributed by atoms with E-state index in [4.69, 9.17) is 0 Å². The molecule has 36 heavy (non-hydrogen) atoms. The van der Waals surface area contributed by atoms with Crippen LogP contribution in [0.25, 0.3) is 75.4 Å². The molecule has 8 aromatic rings. The van der Waals surface area contributed by atoms with Gasteiger partial charge in [0.25, 0.3) is 0 Å². The highest BCUT2D eigenvalue weighted by atomic mass is 79.9. The van der Waals surface area contributed by atoms with Gasteiger partial charge in [0.05, 0.1) is 0 Å². The maximum atomic E-state index is 14.0. The number of fused-ring (bicyclic) bond motifs is 4. The first kappa shape index (κ1) is 21.7. The van der Waals surface area contributed by atoms with Crippen molar-refractivity contribution >= 4 is 139 Å². The highest BCUT2D eigenvalue weighted by Crippen LogP contribution is 2.50. The molecule has 0 saturated heterocycles. The predicted molar refractivity (Wildman–Crippen MR) is 166 cm³/mol. The fourth-order valence-electron chi connectivity index (χ4n) is 6.11. The SMILES string of the molecule is O=c1c2ccccc2c2cc3c(Br)c(Br)c4c(=O)c5c(Br)c(Br)ccc5c5cc6ccc1c2c6c3c45. The fraction of sp³-hybridized carbons (Fsp3) is 0. The van der Waals surface area contributed by atoms with Crippen LogP contribution in [0, 0.1) is 0 Å². The van der Waals surface area contributed by atoms with Crippen molar-refractivity contribution in [2.75, 3.05) is 0 Å². The third-order valence-corrected chi connectivity index (χ3v) is 11.7. The van der Waals surface area contributed by atoms with Crippen molar-refractivity contribution in [1.82, 2.24) is 0 Å². The summed E-state index contributed by atoms with van der Waals surface area (Å²) in [5.41, 5.74) is 0.00386. The molecule has 0 N–H and O–H groups in total. The molecule has 2 nitrogen and oxygen atoms in total. The Labute approximate surface area is 236 Å². The maximum Gasteiger partial charge on any atom is 0.196 e. The normalized spacial score (nSPS) is 12.7. The van der Waals surface area contributed by atoms with Crippen LogP contribution in [-0.2, 0) is 0 Å². The monoisotopic (exact) mass is 718 g/mol. The lowest BCUT2D eigenvalue weighted by Crippen LogP contribution is -2.07. The van der Waals surface area contributed by atoms with Gasteiger partial charge in [0.2, 0.25) is 0 Å². The first-order chi connectivity index (χ1) is 17.4. The van der Waals surface area contributed by atoms with E-state index in [0.29, 0.717) is 16.2 Å². The van der Waals surface area contributed by atoms with Crippen molar-refractivity contribution in [1.29, 1.82) is 0 Å². The van der Waals surface area contributed by atoms with Gasteiger partial charge >= 0.3 is 0 Å². The van der Waals surface area contributed by atoms with E-state index in [1.165, 1.54) is 0 Å². The first-order valence-electron chi connectivity index (χ1n) is 11.2. The minimum absolute atomic E-state index is 0.0369. The molecule has 0 radical (unpaired) electrons. The third kappa shape index (κ3) is 2.42. The summed E-state index contributed by atoms with van der Waals surface area (Å²) in [6.07, 6.45) is 0. The molecule has 0 bridgehead atoms. The van der Waals surface area contributed by atoms with Crippen LogP contribution in [0.1, 0.15) is 0 Å². The van der Waals surface area contributed by atoms with Gasteiger partial charge in [0.15, 0.2) is 10.9 Å². The van der Waals surface area contributed by atoms with Gasteiger partial charge in [-0.15, -0.1) is 0 Å². The van der Waals surface area contributed by atoms with E-state index in [2.05, 4.69) is 75.9 Å². The quantitative estimate of drug-likeness (QED) is 0.115. The van der Waals surface area contributed by atoms with Gasteiger partial charge in [0, 0.05) is 50.2 Å². The second-order valence-corrected chi connectivity index (χ2v) is 12.5. The van der Waals surface area contributed by atoms with E-state index in [-0.39, 0.29) is 10.9 Å². The Morgan fingerprint density at radius 3 is 1.92 bits per heavy atom. The van der Waals surface area contributed by atoms with Gasteiger partial charge in [-0.2, -0.15) is 0 Å². The molecule has 0 unspecified atom stereocenters. The van der Waals surface area contributed by atoms with E-state index >= 15 is 0 Å². The van der Waals surface area contributed by atoms with Crippen LogP contribution in [0.5, 0.6) is 0 Å². The zero-order valence-electron chi connectivity index (χ0n) is 18.1. The van der Waals surface area contributed by atoms with Crippen LogP contribution in [0.2, 0.25) is 0 Å².